The zero-order valence-corrected chi connectivity index (χ0v) is 12.4. The van der Waals surface area contributed by atoms with Crippen LogP contribution in [0.4, 0.5) is 0 Å². The van der Waals surface area contributed by atoms with E-state index in [2.05, 4.69) is 28.9 Å². The number of alkyl halides is 1. The summed E-state index contributed by atoms with van der Waals surface area (Å²) in [6.07, 6.45) is 2.81. The van der Waals surface area contributed by atoms with E-state index in [-0.39, 0.29) is 4.83 Å². The van der Waals surface area contributed by atoms with E-state index in [1.54, 1.807) is 0 Å². The molecule has 0 aliphatic heterocycles. The van der Waals surface area contributed by atoms with Gasteiger partial charge in [0.25, 0.3) is 0 Å². The predicted molar refractivity (Wildman–Crippen MR) is 75.1 cm³/mol. The van der Waals surface area contributed by atoms with E-state index in [4.69, 9.17) is 11.6 Å². The van der Waals surface area contributed by atoms with Crippen LogP contribution in [0.25, 0.3) is 0 Å². The van der Waals surface area contributed by atoms with Crippen molar-refractivity contribution in [2.24, 2.45) is 5.92 Å². The van der Waals surface area contributed by atoms with Crippen LogP contribution in [-0.4, -0.2) is 10.6 Å². The Kier molecular flexibility index (Phi) is 3.94. The van der Waals surface area contributed by atoms with Crippen molar-refractivity contribution < 1.29 is 4.79 Å². The summed E-state index contributed by atoms with van der Waals surface area (Å²) in [5.74, 6) is 0.630. The fourth-order valence-corrected chi connectivity index (χ4v) is 3.20. The summed E-state index contributed by atoms with van der Waals surface area (Å²) >= 11 is 9.75. The Hall–Kier alpha value is -0.340. The fraction of sp³-hybridized carbons (Fsp3) is 0.500. The molecule has 0 spiro atoms. The van der Waals surface area contributed by atoms with Gasteiger partial charge in [0.2, 0.25) is 0 Å². The number of ketones is 1. The summed E-state index contributed by atoms with van der Waals surface area (Å²) < 4.78 is 0. The average Bonchev–Trinajstić information content (AvgIpc) is 3.05. The smallest absolute Gasteiger partial charge is 0.149 e. The first-order valence-electron chi connectivity index (χ1n) is 5.92. The number of hydrogen-bond acceptors (Lipinski definition) is 1. The van der Waals surface area contributed by atoms with Gasteiger partial charge in [0, 0.05) is 10.9 Å². The molecule has 2 rings (SSSR count). The number of Topliss-reactive ketones (excluding diaryl/α,β-unsaturated/α-hetero) is 1. The Bertz CT molecular complexity index is 429. The lowest BCUT2D eigenvalue weighted by atomic mass is 9.99. The molecule has 1 aromatic rings. The van der Waals surface area contributed by atoms with E-state index in [9.17, 15) is 4.79 Å². The van der Waals surface area contributed by atoms with Crippen LogP contribution in [0.1, 0.15) is 29.5 Å². The maximum atomic E-state index is 11.9. The first kappa shape index (κ1) is 13.1. The molecular weight excluding hydrogens is 300 g/mol. The molecule has 0 N–H and O–H groups in total. The second-order valence-electron chi connectivity index (χ2n) is 4.89. The highest BCUT2D eigenvalue weighted by Gasteiger charge is 2.33. The van der Waals surface area contributed by atoms with Gasteiger partial charge in [-0.05, 0) is 55.9 Å². The van der Waals surface area contributed by atoms with Crippen molar-refractivity contribution in [1.29, 1.82) is 0 Å². The molecule has 1 unspecified atom stereocenters. The minimum Gasteiger partial charge on any atom is -0.298 e. The largest absolute Gasteiger partial charge is 0.298 e. The van der Waals surface area contributed by atoms with E-state index >= 15 is 0 Å². The number of hydrogen-bond donors (Lipinski definition) is 0. The second-order valence-corrected chi connectivity index (χ2v) is 6.40. The van der Waals surface area contributed by atoms with Crippen molar-refractivity contribution in [3.05, 3.63) is 33.8 Å². The van der Waals surface area contributed by atoms with Crippen molar-refractivity contribution in [3.63, 3.8) is 0 Å². The summed E-state index contributed by atoms with van der Waals surface area (Å²) in [5.41, 5.74) is 3.42. The van der Waals surface area contributed by atoms with Gasteiger partial charge in [-0.2, -0.15) is 0 Å². The van der Waals surface area contributed by atoms with Crippen molar-refractivity contribution in [1.82, 2.24) is 0 Å². The first-order chi connectivity index (χ1) is 7.99. The lowest BCUT2D eigenvalue weighted by Gasteiger charge is -2.13. The molecule has 1 fully saturated rings. The van der Waals surface area contributed by atoms with Gasteiger partial charge in [-0.15, -0.1) is 0 Å². The molecule has 17 heavy (non-hydrogen) atoms. The normalized spacial score (nSPS) is 16.9. The molecule has 0 bridgehead atoms. The van der Waals surface area contributed by atoms with Crippen LogP contribution in [-0.2, 0) is 11.2 Å². The molecule has 1 aliphatic carbocycles. The lowest BCUT2D eigenvalue weighted by molar-refractivity contribution is -0.119. The summed E-state index contributed by atoms with van der Waals surface area (Å²) in [6, 6.07) is 4.08. The lowest BCUT2D eigenvalue weighted by Crippen LogP contribution is -2.19. The molecule has 3 heteroatoms. The Morgan fingerprint density at radius 2 is 2.12 bits per heavy atom. The van der Waals surface area contributed by atoms with Crippen molar-refractivity contribution in [2.75, 3.05) is 0 Å². The molecule has 0 radical (unpaired) electrons. The van der Waals surface area contributed by atoms with Gasteiger partial charge in [0.15, 0.2) is 0 Å². The van der Waals surface area contributed by atoms with Gasteiger partial charge >= 0.3 is 0 Å². The number of aryl methyl sites for hydroxylation is 2. The van der Waals surface area contributed by atoms with Crippen LogP contribution in [0.5, 0.6) is 0 Å². The van der Waals surface area contributed by atoms with Gasteiger partial charge in [-0.3, -0.25) is 4.79 Å². The summed E-state index contributed by atoms with van der Waals surface area (Å²) in [5, 5.41) is 0.774. The van der Waals surface area contributed by atoms with Gasteiger partial charge < -0.3 is 0 Å². The average molecular weight is 316 g/mol. The molecule has 0 saturated heterocycles. The number of halogens is 2. The Morgan fingerprint density at radius 3 is 2.65 bits per heavy atom. The third kappa shape index (κ3) is 3.11. The number of carbonyl (C=O) groups excluding carboxylic acids is 1. The zero-order chi connectivity index (χ0) is 12.6. The fourth-order valence-electron chi connectivity index (χ4n) is 2.11. The highest BCUT2D eigenvalue weighted by molar-refractivity contribution is 9.10. The van der Waals surface area contributed by atoms with Gasteiger partial charge in [0.05, 0.1) is 4.83 Å². The van der Waals surface area contributed by atoms with Crippen LogP contribution in [0.3, 0.4) is 0 Å². The monoisotopic (exact) mass is 314 g/mol. The van der Waals surface area contributed by atoms with E-state index in [1.165, 1.54) is 5.56 Å². The number of benzene rings is 1. The van der Waals surface area contributed by atoms with E-state index in [0.29, 0.717) is 18.1 Å². The maximum absolute atomic E-state index is 11.9. The minimum atomic E-state index is -0.0890. The molecule has 0 aromatic heterocycles. The SMILES string of the molecule is Cc1cc(C)c(CC(Br)C(=O)C2CC2)c(Cl)c1. The highest BCUT2D eigenvalue weighted by atomic mass is 79.9. The highest BCUT2D eigenvalue weighted by Crippen LogP contribution is 2.34. The maximum Gasteiger partial charge on any atom is 0.149 e. The van der Waals surface area contributed by atoms with Gasteiger partial charge in [-0.25, -0.2) is 0 Å². The molecular formula is C14H16BrClO. The Labute approximate surface area is 116 Å². The van der Waals surface area contributed by atoms with E-state index < -0.39 is 0 Å². The van der Waals surface area contributed by atoms with Crippen LogP contribution >= 0.6 is 27.5 Å². The van der Waals surface area contributed by atoms with Crippen LogP contribution in [0.2, 0.25) is 5.02 Å². The third-order valence-electron chi connectivity index (χ3n) is 3.23. The van der Waals surface area contributed by atoms with E-state index in [1.807, 2.05) is 13.0 Å². The quantitative estimate of drug-likeness (QED) is 0.759. The molecule has 0 heterocycles. The molecule has 1 aromatic carbocycles. The minimum absolute atomic E-state index is 0.0890. The van der Waals surface area contributed by atoms with Crippen molar-refractivity contribution in [2.45, 2.75) is 37.9 Å². The summed E-state index contributed by atoms with van der Waals surface area (Å²) in [4.78, 5) is 11.8. The molecule has 1 atom stereocenters. The zero-order valence-electron chi connectivity index (χ0n) is 10.1. The van der Waals surface area contributed by atoms with Gasteiger partial charge in [-0.1, -0.05) is 33.6 Å². The standard InChI is InChI=1S/C14H16BrClO/c1-8-5-9(2)11(13(16)6-8)7-12(15)14(17)10-3-4-10/h5-6,10,12H,3-4,7H2,1-2H3. The van der Waals surface area contributed by atoms with Crippen molar-refractivity contribution in [3.8, 4) is 0 Å². The van der Waals surface area contributed by atoms with Crippen LogP contribution < -0.4 is 0 Å². The topological polar surface area (TPSA) is 17.1 Å². The van der Waals surface area contributed by atoms with Crippen LogP contribution in [0, 0.1) is 19.8 Å². The molecule has 1 saturated carbocycles. The molecule has 1 nitrogen and oxygen atoms in total. The summed E-state index contributed by atoms with van der Waals surface area (Å²) in [6.45, 7) is 4.08. The number of rotatable bonds is 4. The third-order valence-corrected chi connectivity index (χ3v) is 4.35. The van der Waals surface area contributed by atoms with Crippen LogP contribution in [0.15, 0.2) is 12.1 Å². The van der Waals surface area contributed by atoms with Gasteiger partial charge in [0.1, 0.15) is 5.78 Å². The van der Waals surface area contributed by atoms with Crippen molar-refractivity contribution >= 4 is 33.3 Å². The second kappa shape index (κ2) is 5.11. The molecule has 1 aliphatic rings. The first-order valence-corrected chi connectivity index (χ1v) is 7.22. The summed E-state index contributed by atoms with van der Waals surface area (Å²) in [7, 11) is 0. The number of carbonyl (C=O) groups is 1. The predicted octanol–water partition coefficient (Wildman–Crippen LogP) is 4.24. The molecule has 92 valence electrons. The Balaban J connectivity index is 2.15. The van der Waals surface area contributed by atoms with E-state index in [0.717, 1.165) is 29.0 Å². The Morgan fingerprint density at radius 1 is 1.47 bits per heavy atom. The molecule has 0 amide bonds.